The van der Waals surface area contributed by atoms with Crippen LogP contribution in [0.15, 0.2) is 60.7 Å². The van der Waals surface area contributed by atoms with Crippen LogP contribution < -0.4 is 5.73 Å². The van der Waals surface area contributed by atoms with Crippen LogP contribution in [0.4, 0.5) is 4.79 Å². The van der Waals surface area contributed by atoms with Crippen LogP contribution in [0.2, 0.25) is 0 Å². The van der Waals surface area contributed by atoms with Gasteiger partial charge in [-0.2, -0.15) is 0 Å². The van der Waals surface area contributed by atoms with Crippen molar-refractivity contribution in [1.82, 2.24) is 4.90 Å². The van der Waals surface area contributed by atoms with Crippen LogP contribution in [0.5, 0.6) is 0 Å². The minimum atomic E-state index is -0.298. The van der Waals surface area contributed by atoms with Gasteiger partial charge in [-0.1, -0.05) is 60.7 Å². The van der Waals surface area contributed by atoms with E-state index in [2.05, 4.69) is 30.3 Å². The predicted molar refractivity (Wildman–Crippen MR) is 117 cm³/mol. The number of ether oxygens (including phenoxy) is 2. The number of likely N-dealkylation sites (tertiary alicyclic amines) is 1. The second-order valence-corrected chi connectivity index (χ2v) is 8.47. The fraction of sp³-hybridized carbons (Fsp3) is 0.480. The summed E-state index contributed by atoms with van der Waals surface area (Å²) in [5, 5.41) is 0. The number of rotatable bonds is 6. The smallest absolute Gasteiger partial charge is 0.410 e. The first kappa shape index (κ1) is 20.9. The van der Waals surface area contributed by atoms with E-state index in [0.29, 0.717) is 19.1 Å². The fourth-order valence-electron chi connectivity index (χ4n) is 4.64. The van der Waals surface area contributed by atoms with Gasteiger partial charge in [0.25, 0.3) is 0 Å². The Morgan fingerprint density at radius 1 is 0.933 bits per heavy atom. The molecule has 0 aromatic heterocycles. The average molecular weight is 409 g/mol. The van der Waals surface area contributed by atoms with E-state index in [0.717, 1.165) is 37.7 Å². The van der Waals surface area contributed by atoms with Gasteiger partial charge < -0.3 is 20.1 Å². The summed E-state index contributed by atoms with van der Waals surface area (Å²) >= 11 is 0. The zero-order valence-corrected chi connectivity index (χ0v) is 17.5. The third-order valence-electron chi connectivity index (χ3n) is 6.49. The molecule has 2 N–H and O–H groups in total. The third-order valence-corrected chi connectivity index (χ3v) is 6.49. The SMILES string of the molecule is N[C@H]1CCN(C(=O)OCc2ccccc2)[C@H]1COC1CCC(c2ccccc2)CC1. The second kappa shape index (κ2) is 10.1. The molecule has 1 saturated heterocycles. The molecule has 5 heteroatoms. The minimum absolute atomic E-state index is 0.0602. The van der Waals surface area contributed by atoms with Crippen LogP contribution in [0, 0.1) is 0 Å². The molecule has 1 aliphatic heterocycles. The summed E-state index contributed by atoms with van der Waals surface area (Å²) in [5.41, 5.74) is 8.71. The molecule has 30 heavy (non-hydrogen) atoms. The van der Waals surface area contributed by atoms with E-state index in [-0.39, 0.29) is 30.9 Å². The number of nitrogens with zero attached hydrogens (tertiary/aromatic N) is 1. The number of amides is 1. The van der Waals surface area contributed by atoms with E-state index >= 15 is 0 Å². The lowest BCUT2D eigenvalue weighted by atomic mass is 9.83. The molecule has 0 spiro atoms. The quantitative estimate of drug-likeness (QED) is 0.766. The summed E-state index contributed by atoms with van der Waals surface area (Å²) in [6, 6.07) is 20.3. The summed E-state index contributed by atoms with van der Waals surface area (Å²) in [6.07, 6.45) is 5.14. The zero-order valence-electron chi connectivity index (χ0n) is 17.5. The van der Waals surface area contributed by atoms with Gasteiger partial charge in [-0.25, -0.2) is 4.79 Å². The van der Waals surface area contributed by atoms with E-state index in [1.165, 1.54) is 5.56 Å². The number of benzene rings is 2. The van der Waals surface area contributed by atoms with Gasteiger partial charge in [0.05, 0.1) is 18.8 Å². The van der Waals surface area contributed by atoms with Crippen LogP contribution >= 0.6 is 0 Å². The van der Waals surface area contributed by atoms with Gasteiger partial charge in [0.2, 0.25) is 0 Å². The highest BCUT2D eigenvalue weighted by molar-refractivity contribution is 5.68. The van der Waals surface area contributed by atoms with E-state index in [1.807, 2.05) is 30.3 Å². The van der Waals surface area contributed by atoms with Crippen molar-refractivity contribution in [2.24, 2.45) is 5.73 Å². The maximum atomic E-state index is 12.6. The van der Waals surface area contributed by atoms with Gasteiger partial charge in [-0.3, -0.25) is 0 Å². The van der Waals surface area contributed by atoms with Crippen molar-refractivity contribution in [1.29, 1.82) is 0 Å². The first-order valence-electron chi connectivity index (χ1n) is 11.1. The highest BCUT2D eigenvalue weighted by Gasteiger charge is 2.37. The molecule has 2 aliphatic rings. The molecule has 1 aliphatic carbocycles. The number of hydrogen-bond acceptors (Lipinski definition) is 4. The van der Waals surface area contributed by atoms with E-state index in [9.17, 15) is 4.79 Å². The Balaban J connectivity index is 1.24. The lowest BCUT2D eigenvalue weighted by Gasteiger charge is -2.32. The lowest BCUT2D eigenvalue weighted by Crippen LogP contribution is -2.46. The van der Waals surface area contributed by atoms with E-state index < -0.39 is 0 Å². The summed E-state index contributed by atoms with van der Waals surface area (Å²) < 4.78 is 11.8. The van der Waals surface area contributed by atoms with E-state index in [4.69, 9.17) is 15.2 Å². The molecule has 2 fully saturated rings. The topological polar surface area (TPSA) is 64.8 Å². The molecule has 0 bridgehead atoms. The van der Waals surface area contributed by atoms with Crippen molar-refractivity contribution in [3.8, 4) is 0 Å². The number of carbonyl (C=O) groups is 1. The predicted octanol–water partition coefficient (Wildman–Crippen LogP) is 4.47. The molecule has 5 nitrogen and oxygen atoms in total. The van der Waals surface area contributed by atoms with Gasteiger partial charge >= 0.3 is 6.09 Å². The van der Waals surface area contributed by atoms with Crippen molar-refractivity contribution in [3.05, 3.63) is 71.8 Å². The molecule has 160 valence electrons. The van der Waals surface area contributed by atoms with Crippen molar-refractivity contribution in [3.63, 3.8) is 0 Å². The Labute approximate surface area is 179 Å². The van der Waals surface area contributed by atoms with Crippen molar-refractivity contribution in [2.75, 3.05) is 13.2 Å². The van der Waals surface area contributed by atoms with Crippen molar-refractivity contribution >= 4 is 6.09 Å². The third kappa shape index (κ3) is 5.21. The maximum absolute atomic E-state index is 12.6. The summed E-state index contributed by atoms with van der Waals surface area (Å²) in [6.45, 7) is 1.40. The van der Waals surface area contributed by atoms with Crippen LogP contribution in [0.1, 0.15) is 49.1 Å². The second-order valence-electron chi connectivity index (χ2n) is 8.47. The standard InChI is InChI=1S/C25H32N2O3/c26-23-15-16-27(25(28)30-17-19-7-3-1-4-8-19)24(23)18-29-22-13-11-21(12-14-22)20-9-5-2-6-10-20/h1-10,21-24H,11-18,26H2/t21?,22?,23-,24-/m0/s1. The normalized spacial score (nSPS) is 26.5. The molecule has 2 atom stereocenters. The fourth-order valence-corrected chi connectivity index (χ4v) is 4.64. The van der Waals surface area contributed by atoms with Crippen LogP contribution in [-0.2, 0) is 16.1 Å². The Kier molecular flexibility index (Phi) is 7.03. The average Bonchev–Trinajstić information content (AvgIpc) is 3.18. The molecule has 0 unspecified atom stereocenters. The van der Waals surface area contributed by atoms with Crippen LogP contribution in [0.25, 0.3) is 0 Å². The van der Waals surface area contributed by atoms with Gasteiger partial charge in [-0.05, 0) is 49.1 Å². The number of nitrogens with two attached hydrogens (primary N) is 1. The highest BCUT2D eigenvalue weighted by atomic mass is 16.6. The summed E-state index contributed by atoms with van der Waals surface area (Å²) in [7, 11) is 0. The molecular weight excluding hydrogens is 376 g/mol. The highest BCUT2D eigenvalue weighted by Crippen LogP contribution is 2.34. The molecule has 2 aromatic rings. The molecule has 1 saturated carbocycles. The number of carbonyl (C=O) groups excluding carboxylic acids is 1. The van der Waals surface area contributed by atoms with Gasteiger partial charge in [-0.15, -0.1) is 0 Å². The largest absolute Gasteiger partial charge is 0.445 e. The van der Waals surface area contributed by atoms with Crippen LogP contribution in [-0.4, -0.2) is 42.3 Å². The van der Waals surface area contributed by atoms with Gasteiger partial charge in [0, 0.05) is 12.6 Å². The first-order chi connectivity index (χ1) is 14.7. The summed E-state index contributed by atoms with van der Waals surface area (Å²) in [4.78, 5) is 14.4. The maximum Gasteiger partial charge on any atom is 0.410 e. The Bertz CT molecular complexity index is 791. The zero-order chi connectivity index (χ0) is 20.8. The molecule has 4 rings (SSSR count). The molecule has 1 heterocycles. The first-order valence-corrected chi connectivity index (χ1v) is 11.1. The van der Waals surface area contributed by atoms with Crippen LogP contribution in [0.3, 0.4) is 0 Å². The summed E-state index contributed by atoms with van der Waals surface area (Å²) in [5.74, 6) is 0.629. The number of hydrogen-bond donors (Lipinski definition) is 1. The monoisotopic (exact) mass is 408 g/mol. The van der Waals surface area contributed by atoms with E-state index in [1.54, 1.807) is 4.90 Å². The molecule has 1 amide bonds. The van der Waals surface area contributed by atoms with Gasteiger partial charge in [0.1, 0.15) is 6.61 Å². The molecular formula is C25H32N2O3. The Morgan fingerprint density at radius 3 is 2.30 bits per heavy atom. The van der Waals surface area contributed by atoms with Crippen molar-refractivity contribution < 1.29 is 14.3 Å². The molecule has 2 aromatic carbocycles. The molecule has 0 radical (unpaired) electrons. The van der Waals surface area contributed by atoms with Gasteiger partial charge in [0.15, 0.2) is 0 Å². The van der Waals surface area contributed by atoms with Crippen molar-refractivity contribution in [2.45, 2.75) is 62.8 Å². The Morgan fingerprint density at radius 2 is 1.60 bits per heavy atom. The Hall–Kier alpha value is -2.37. The minimum Gasteiger partial charge on any atom is -0.445 e. The lowest BCUT2D eigenvalue weighted by molar-refractivity contribution is -0.00675.